The highest BCUT2D eigenvalue weighted by Crippen LogP contribution is 2.19. The fourth-order valence-corrected chi connectivity index (χ4v) is 1.42. The highest BCUT2D eigenvalue weighted by molar-refractivity contribution is 5.40. The summed E-state index contributed by atoms with van der Waals surface area (Å²) in [7, 11) is 4.02. The Bertz CT molecular complexity index is 290. The van der Waals surface area contributed by atoms with Crippen molar-refractivity contribution in [3.63, 3.8) is 0 Å². The zero-order valence-electron chi connectivity index (χ0n) is 9.13. The van der Waals surface area contributed by atoms with E-state index >= 15 is 0 Å². The lowest BCUT2D eigenvalue weighted by atomic mass is 10.0. The summed E-state index contributed by atoms with van der Waals surface area (Å²) in [4.78, 5) is 6.54. The quantitative estimate of drug-likeness (QED) is 0.692. The van der Waals surface area contributed by atoms with E-state index in [1.807, 2.05) is 19.0 Å². The molecule has 0 atom stereocenters. The molecule has 1 heterocycles. The van der Waals surface area contributed by atoms with Crippen LogP contribution in [-0.4, -0.2) is 19.1 Å². The van der Waals surface area contributed by atoms with Crippen LogP contribution in [-0.2, 0) is 0 Å². The van der Waals surface area contributed by atoms with E-state index in [0.717, 1.165) is 11.5 Å². The Morgan fingerprint density at radius 2 is 1.85 bits per heavy atom. The van der Waals surface area contributed by atoms with Gasteiger partial charge in [0.05, 0.1) is 0 Å². The molecule has 1 aromatic heterocycles. The number of hydrogen-bond acceptors (Lipinski definition) is 2. The summed E-state index contributed by atoms with van der Waals surface area (Å²) in [6, 6.07) is 4.24. The number of aryl methyl sites for hydroxylation is 1. The molecule has 2 heteroatoms. The van der Waals surface area contributed by atoms with Crippen LogP contribution < -0.4 is 4.90 Å². The lowest BCUT2D eigenvalue weighted by Crippen LogP contribution is -2.11. The molecule has 1 aromatic rings. The third-order valence-corrected chi connectivity index (χ3v) is 2.19. The van der Waals surface area contributed by atoms with Crippen molar-refractivity contribution in [3.05, 3.63) is 23.4 Å². The van der Waals surface area contributed by atoms with E-state index < -0.39 is 0 Å². The number of aromatic nitrogens is 1. The lowest BCUT2D eigenvalue weighted by Gasteiger charge is -2.15. The lowest BCUT2D eigenvalue weighted by molar-refractivity contribution is 0.840. The van der Waals surface area contributed by atoms with Gasteiger partial charge in [-0.1, -0.05) is 19.9 Å². The van der Waals surface area contributed by atoms with Crippen LogP contribution in [0.25, 0.3) is 0 Å². The molecule has 72 valence electrons. The van der Waals surface area contributed by atoms with E-state index in [1.54, 1.807) is 0 Å². The molecular formula is C11H18N2. The standard InChI is InChI=1S/C11H18N2/c1-8(2)10-6-7-11(13(4)5)12-9(10)3/h6-8H,1-5H3. The number of hydrogen-bond donors (Lipinski definition) is 0. The van der Waals surface area contributed by atoms with Crippen LogP contribution in [0.5, 0.6) is 0 Å². The number of pyridine rings is 1. The van der Waals surface area contributed by atoms with Crippen molar-refractivity contribution in [2.45, 2.75) is 26.7 Å². The fourth-order valence-electron chi connectivity index (χ4n) is 1.42. The molecule has 0 aromatic carbocycles. The summed E-state index contributed by atoms with van der Waals surface area (Å²) < 4.78 is 0. The van der Waals surface area contributed by atoms with Gasteiger partial charge in [-0.25, -0.2) is 4.98 Å². The topological polar surface area (TPSA) is 16.1 Å². The SMILES string of the molecule is Cc1nc(N(C)C)ccc1C(C)C. The summed E-state index contributed by atoms with van der Waals surface area (Å²) in [5, 5.41) is 0. The average molecular weight is 178 g/mol. The van der Waals surface area contributed by atoms with Gasteiger partial charge in [0, 0.05) is 19.8 Å². The molecule has 0 N–H and O–H groups in total. The van der Waals surface area contributed by atoms with Crippen molar-refractivity contribution in [1.82, 2.24) is 4.98 Å². The molecule has 0 radical (unpaired) electrons. The Morgan fingerprint density at radius 1 is 1.23 bits per heavy atom. The van der Waals surface area contributed by atoms with E-state index in [0.29, 0.717) is 5.92 Å². The van der Waals surface area contributed by atoms with Crippen molar-refractivity contribution in [2.24, 2.45) is 0 Å². The molecule has 0 aliphatic heterocycles. The summed E-state index contributed by atoms with van der Waals surface area (Å²) in [5.74, 6) is 1.59. The van der Waals surface area contributed by atoms with Crippen molar-refractivity contribution < 1.29 is 0 Å². The predicted molar refractivity (Wildman–Crippen MR) is 57.4 cm³/mol. The molecule has 2 nitrogen and oxygen atoms in total. The van der Waals surface area contributed by atoms with Gasteiger partial charge in [-0.2, -0.15) is 0 Å². The molecule has 0 amide bonds. The Balaban J connectivity index is 3.06. The van der Waals surface area contributed by atoms with Crippen LogP contribution in [0, 0.1) is 6.92 Å². The predicted octanol–water partition coefficient (Wildman–Crippen LogP) is 2.58. The van der Waals surface area contributed by atoms with Gasteiger partial charge in [0.25, 0.3) is 0 Å². The van der Waals surface area contributed by atoms with Gasteiger partial charge >= 0.3 is 0 Å². The second-order valence-electron chi connectivity index (χ2n) is 3.89. The highest BCUT2D eigenvalue weighted by atomic mass is 15.1. The largest absolute Gasteiger partial charge is 0.363 e. The van der Waals surface area contributed by atoms with Crippen molar-refractivity contribution in [3.8, 4) is 0 Å². The molecular weight excluding hydrogens is 160 g/mol. The van der Waals surface area contributed by atoms with E-state index in [1.165, 1.54) is 5.56 Å². The molecule has 0 saturated heterocycles. The Morgan fingerprint density at radius 3 is 2.23 bits per heavy atom. The normalized spacial score (nSPS) is 10.6. The summed E-state index contributed by atoms with van der Waals surface area (Å²) in [6.07, 6.45) is 0. The molecule has 13 heavy (non-hydrogen) atoms. The molecule has 0 aliphatic carbocycles. The zero-order chi connectivity index (χ0) is 10.0. The van der Waals surface area contributed by atoms with Crippen molar-refractivity contribution >= 4 is 5.82 Å². The summed E-state index contributed by atoms with van der Waals surface area (Å²) >= 11 is 0. The highest BCUT2D eigenvalue weighted by Gasteiger charge is 2.05. The second-order valence-corrected chi connectivity index (χ2v) is 3.89. The van der Waals surface area contributed by atoms with Crippen LogP contribution in [0.4, 0.5) is 5.82 Å². The first kappa shape index (κ1) is 10.0. The van der Waals surface area contributed by atoms with Crippen LogP contribution in [0.15, 0.2) is 12.1 Å². The zero-order valence-corrected chi connectivity index (χ0v) is 9.13. The maximum absolute atomic E-state index is 4.52. The minimum Gasteiger partial charge on any atom is -0.363 e. The van der Waals surface area contributed by atoms with Gasteiger partial charge in [0.2, 0.25) is 0 Å². The first-order valence-corrected chi connectivity index (χ1v) is 4.67. The van der Waals surface area contributed by atoms with Crippen LogP contribution in [0.1, 0.15) is 31.0 Å². The Hall–Kier alpha value is -1.05. The number of anilines is 1. The first-order chi connectivity index (χ1) is 6.02. The smallest absolute Gasteiger partial charge is 0.128 e. The van der Waals surface area contributed by atoms with Crippen LogP contribution in [0.3, 0.4) is 0 Å². The molecule has 0 spiro atoms. The molecule has 0 aliphatic rings. The number of nitrogens with zero attached hydrogens (tertiary/aromatic N) is 2. The summed E-state index contributed by atoms with van der Waals surface area (Å²) in [5.41, 5.74) is 2.48. The average Bonchev–Trinajstić information content (AvgIpc) is 2.03. The van der Waals surface area contributed by atoms with Gasteiger partial charge in [-0.05, 0) is 24.5 Å². The maximum atomic E-state index is 4.52. The third kappa shape index (κ3) is 2.20. The van der Waals surface area contributed by atoms with Crippen molar-refractivity contribution in [2.75, 3.05) is 19.0 Å². The maximum Gasteiger partial charge on any atom is 0.128 e. The van der Waals surface area contributed by atoms with Gasteiger partial charge < -0.3 is 4.90 Å². The van der Waals surface area contributed by atoms with Crippen LogP contribution in [0.2, 0.25) is 0 Å². The fraction of sp³-hybridized carbons (Fsp3) is 0.545. The van der Waals surface area contributed by atoms with Gasteiger partial charge in [-0.15, -0.1) is 0 Å². The third-order valence-electron chi connectivity index (χ3n) is 2.19. The van der Waals surface area contributed by atoms with Crippen LogP contribution >= 0.6 is 0 Å². The minimum absolute atomic E-state index is 0.559. The Kier molecular flexibility index (Phi) is 2.91. The molecule has 0 fully saturated rings. The number of rotatable bonds is 2. The van der Waals surface area contributed by atoms with Gasteiger partial charge in [0.1, 0.15) is 5.82 Å². The monoisotopic (exact) mass is 178 g/mol. The van der Waals surface area contributed by atoms with E-state index in [-0.39, 0.29) is 0 Å². The molecule has 1 rings (SSSR count). The molecule has 0 saturated carbocycles. The van der Waals surface area contributed by atoms with E-state index in [4.69, 9.17) is 0 Å². The molecule has 0 unspecified atom stereocenters. The van der Waals surface area contributed by atoms with Crippen molar-refractivity contribution in [1.29, 1.82) is 0 Å². The minimum atomic E-state index is 0.559. The first-order valence-electron chi connectivity index (χ1n) is 4.67. The van der Waals surface area contributed by atoms with Gasteiger partial charge in [0.15, 0.2) is 0 Å². The van der Waals surface area contributed by atoms with E-state index in [9.17, 15) is 0 Å². The molecule has 0 bridgehead atoms. The van der Waals surface area contributed by atoms with E-state index in [2.05, 4.69) is 37.9 Å². The Labute approximate surface area is 80.6 Å². The van der Waals surface area contributed by atoms with Gasteiger partial charge in [-0.3, -0.25) is 0 Å². The second kappa shape index (κ2) is 3.77. The summed E-state index contributed by atoms with van der Waals surface area (Å²) in [6.45, 7) is 6.46.